The summed E-state index contributed by atoms with van der Waals surface area (Å²) in [7, 11) is 0. The number of aliphatic hydroxyl groups is 1. The second-order valence-corrected chi connectivity index (χ2v) is 4.12. The molecule has 1 fully saturated rings. The molecule has 1 atom stereocenters. The Morgan fingerprint density at radius 2 is 2.39 bits per heavy atom. The molecular weight excluding hydrogens is 238 g/mol. The molecule has 18 heavy (non-hydrogen) atoms. The van der Waals surface area contributed by atoms with Gasteiger partial charge in [-0.1, -0.05) is 0 Å². The van der Waals surface area contributed by atoms with Crippen molar-refractivity contribution >= 4 is 17.1 Å². The standard InChI is InChI=1S/C11H15N3O4/c12-10-5-8(14(16)17)1-2-11(10)13-3-4-18-9(6-13)7-15/h1-2,5,9,15H,3-4,6-7,12H2. The fourth-order valence-electron chi connectivity index (χ4n) is 1.99. The minimum atomic E-state index is -0.476. The van der Waals surface area contributed by atoms with Crippen LogP contribution in [0.4, 0.5) is 17.1 Å². The molecule has 1 aromatic rings. The van der Waals surface area contributed by atoms with Gasteiger partial charge in [0.05, 0.1) is 35.6 Å². The van der Waals surface area contributed by atoms with E-state index >= 15 is 0 Å². The zero-order valence-electron chi connectivity index (χ0n) is 9.78. The van der Waals surface area contributed by atoms with Crippen molar-refractivity contribution in [1.29, 1.82) is 0 Å². The summed E-state index contributed by atoms with van der Waals surface area (Å²) in [6, 6.07) is 4.40. The van der Waals surface area contributed by atoms with Gasteiger partial charge in [-0.3, -0.25) is 10.1 Å². The van der Waals surface area contributed by atoms with Crippen LogP contribution in [0.2, 0.25) is 0 Å². The lowest BCUT2D eigenvalue weighted by Gasteiger charge is -2.34. The van der Waals surface area contributed by atoms with Crippen LogP contribution in [0.5, 0.6) is 0 Å². The Morgan fingerprint density at radius 3 is 3.00 bits per heavy atom. The third kappa shape index (κ3) is 2.52. The van der Waals surface area contributed by atoms with Gasteiger partial charge in [-0.25, -0.2) is 0 Å². The molecule has 98 valence electrons. The van der Waals surface area contributed by atoms with Gasteiger partial charge < -0.3 is 20.5 Å². The van der Waals surface area contributed by atoms with E-state index in [2.05, 4.69) is 0 Å². The topological polar surface area (TPSA) is 102 Å². The third-order valence-corrected chi connectivity index (χ3v) is 2.91. The number of nitrogens with two attached hydrogens (primary N) is 1. The van der Waals surface area contributed by atoms with Gasteiger partial charge in [0, 0.05) is 25.2 Å². The summed E-state index contributed by atoms with van der Waals surface area (Å²) < 4.78 is 5.34. The van der Waals surface area contributed by atoms with Crippen molar-refractivity contribution in [3.63, 3.8) is 0 Å². The zero-order chi connectivity index (χ0) is 13.1. The van der Waals surface area contributed by atoms with Crippen molar-refractivity contribution in [3.8, 4) is 0 Å². The number of nitrogen functional groups attached to an aromatic ring is 1. The fraction of sp³-hybridized carbons (Fsp3) is 0.455. The second kappa shape index (κ2) is 5.19. The Morgan fingerprint density at radius 1 is 1.61 bits per heavy atom. The van der Waals surface area contributed by atoms with Crippen molar-refractivity contribution in [3.05, 3.63) is 28.3 Å². The molecule has 1 heterocycles. The van der Waals surface area contributed by atoms with E-state index in [0.29, 0.717) is 25.4 Å². The summed E-state index contributed by atoms with van der Waals surface area (Å²) in [5.74, 6) is 0. The summed E-state index contributed by atoms with van der Waals surface area (Å²) >= 11 is 0. The molecule has 0 radical (unpaired) electrons. The Bertz CT molecular complexity index is 452. The van der Waals surface area contributed by atoms with Crippen LogP contribution in [0.3, 0.4) is 0 Å². The lowest BCUT2D eigenvalue weighted by atomic mass is 10.2. The number of rotatable bonds is 3. The summed E-state index contributed by atoms with van der Waals surface area (Å²) in [5, 5.41) is 19.7. The van der Waals surface area contributed by atoms with Crippen LogP contribution in [-0.4, -0.2) is 42.4 Å². The first-order valence-electron chi connectivity index (χ1n) is 5.63. The summed E-state index contributed by atoms with van der Waals surface area (Å²) in [6.07, 6.45) is -0.242. The molecule has 0 aliphatic carbocycles. The third-order valence-electron chi connectivity index (χ3n) is 2.91. The molecule has 2 rings (SSSR count). The predicted molar refractivity (Wildman–Crippen MR) is 66.5 cm³/mol. The van der Waals surface area contributed by atoms with Crippen LogP contribution in [0.25, 0.3) is 0 Å². The molecule has 0 spiro atoms. The number of nitro benzene ring substituents is 1. The highest BCUT2D eigenvalue weighted by Crippen LogP contribution is 2.28. The molecule has 0 aromatic heterocycles. The van der Waals surface area contributed by atoms with Crippen molar-refractivity contribution < 1.29 is 14.8 Å². The molecule has 1 unspecified atom stereocenters. The highest BCUT2D eigenvalue weighted by atomic mass is 16.6. The van der Waals surface area contributed by atoms with Gasteiger partial charge >= 0.3 is 0 Å². The quantitative estimate of drug-likeness (QED) is 0.458. The van der Waals surface area contributed by atoms with E-state index < -0.39 is 4.92 Å². The summed E-state index contributed by atoms with van der Waals surface area (Å²) in [6.45, 7) is 1.63. The van der Waals surface area contributed by atoms with E-state index in [1.165, 1.54) is 12.1 Å². The monoisotopic (exact) mass is 253 g/mol. The van der Waals surface area contributed by atoms with Crippen LogP contribution >= 0.6 is 0 Å². The largest absolute Gasteiger partial charge is 0.397 e. The molecule has 1 aliphatic heterocycles. The van der Waals surface area contributed by atoms with Gasteiger partial charge in [-0.2, -0.15) is 0 Å². The molecule has 0 saturated carbocycles. The maximum absolute atomic E-state index is 10.6. The summed E-state index contributed by atoms with van der Waals surface area (Å²) in [4.78, 5) is 12.1. The van der Waals surface area contributed by atoms with Gasteiger partial charge in [-0.05, 0) is 6.07 Å². The smallest absolute Gasteiger partial charge is 0.271 e. The maximum Gasteiger partial charge on any atom is 0.271 e. The number of aliphatic hydroxyl groups excluding tert-OH is 1. The number of hydrogen-bond donors (Lipinski definition) is 2. The zero-order valence-corrected chi connectivity index (χ0v) is 9.78. The van der Waals surface area contributed by atoms with E-state index in [0.717, 1.165) is 5.69 Å². The van der Waals surface area contributed by atoms with Gasteiger partial charge in [0.2, 0.25) is 0 Å². The highest BCUT2D eigenvalue weighted by molar-refractivity contribution is 5.70. The van der Waals surface area contributed by atoms with Gasteiger partial charge in [0.1, 0.15) is 0 Å². The SMILES string of the molecule is Nc1cc([N+](=O)[O-])ccc1N1CCOC(CO)C1. The molecule has 1 aromatic carbocycles. The molecule has 0 amide bonds. The van der Waals surface area contributed by atoms with Crippen molar-refractivity contribution in [2.24, 2.45) is 0 Å². The van der Waals surface area contributed by atoms with Crippen molar-refractivity contribution in [1.82, 2.24) is 0 Å². The minimum Gasteiger partial charge on any atom is -0.397 e. The molecule has 1 aliphatic rings. The number of benzene rings is 1. The summed E-state index contributed by atoms with van der Waals surface area (Å²) in [5.41, 5.74) is 6.90. The fourth-order valence-corrected chi connectivity index (χ4v) is 1.99. The van der Waals surface area contributed by atoms with E-state index in [4.69, 9.17) is 15.6 Å². The Kier molecular flexibility index (Phi) is 3.63. The van der Waals surface area contributed by atoms with Gasteiger partial charge in [0.15, 0.2) is 0 Å². The molecule has 7 heteroatoms. The maximum atomic E-state index is 10.6. The average Bonchev–Trinajstić information content (AvgIpc) is 2.38. The number of non-ortho nitro benzene ring substituents is 1. The lowest BCUT2D eigenvalue weighted by molar-refractivity contribution is -0.384. The van der Waals surface area contributed by atoms with E-state index in [1.54, 1.807) is 6.07 Å². The molecule has 0 bridgehead atoms. The highest BCUT2D eigenvalue weighted by Gasteiger charge is 2.22. The lowest BCUT2D eigenvalue weighted by Crippen LogP contribution is -2.44. The first-order valence-corrected chi connectivity index (χ1v) is 5.63. The van der Waals surface area contributed by atoms with E-state index in [1.807, 2.05) is 4.90 Å². The minimum absolute atomic E-state index is 0.0248. The number of ether oxygens (including phenoxy) is 1. The first kappa shape index (κ1) is 12.6. The first-order chi connectivity index (χ1) is 8.61. The van der Waals surface area contributed by atoms with E-state index in [9.17, 15) is 10.1 Å². The number of nitrogens with zero attached hydrogens (tertiary/aromatic N) is 2. The number of morpholine rings is 1. The number of hydrogen-bond acceptors (Lipinski definition) is 6. The van der Waals surface area contributed by atoms with Crippen molar-refractivity contribution in [2.45, 2.75) is 6.10 Å². The van der Waals surface area contributed by atoms with Crippen LogP contribution in [0.1, 0.15) is 0 Å². The Balaban J connectivity index is 2.20. The molecule has 7 nitrogen and oxygen atoms in total. The predicted octanol–water partition coefficient (Wildman–Crippen LogP) is 0.374. The number of nitro groups is 1. The van der Waals surface area contributed by atoms with Crippen molar-refractivity contribution in [2.75, 3.05) is 36.9 Å². The van der Waals surface area contributed by atoms with Gasteiger partial charge in [0.25, 0.3) is 5.69 Å². The van der Waals surface area contributed by atoms with Crippen LogP contribution in [0, 0.1) is 10.1 Å². The van der Waals surface area contributed by atoms with Crippen LogP contribution in [0.15, 0.2) is 18.2 Å². The average molecular weight is 253 g/mol. The molecular formula is C11H15N3O4. The van der Waals surface area contributed by atoms with Gasteiger partial charge in [-0.15, -0.1) is 0 Å². The Hall–Kier alpha value is -1.86. The van der Waals surface area contributed by atoms with Crippen LogP contribution in [-0.2, 0) is 4.74 Å². The second-order valence-electron chi connectivity index (χ2n) is 4.12. The Labute approximate surface area is 104 Å². The molecule has 1 saturated heterocycles. The number of anilines is 2. The van der Waals surface area contributed by atoms with Crippen LogP contribution < -0.4 is 10.6 Å². The van der Waals surface area contributed by atoms with E-state index in [-0.39, 0.29) is 18.4 Å². The molecule has 3 N–H and O–H groups in total. The normalized spacial score (nSPS) is 19.8.